The molecule has 0 aromatic rings. The molecule has 0 aliphatic heterocycles. The number of rotatable bonds is 1. The van der Waals surface area contributed by atoms with Gasteiger partial charge in [0.1, 0.15) is 0 Å². The van der Waals surface area contributed by atoms with Crippen LogP contribution in [0.15, 0.2) is 0 Å². The van der Waals surface area contributed by atoms with Crippen molar-refractivity contribution in [2.75, 3.05) is 0 Å². The molecule has 4 heteroatoms. The SMILES string of the molecule is CC(=O)[C](Cl)(Cl)[Sn]. The Morgan fingerprint density at radius 1 is 1.71 bits per heavy atom. The van der Waals surface area contributed by atoms with E-state index in [1.54, 1.807) is 0 Å². The van der Waals surface area contributed by atoms with E-state index in [1.807, 2.05) is 0 Å². The first-order chi connectivity index (χ1) is 2.94. The molecule has 1 nitrogen and oxygen atoms in total. The second-order valence-electron chi connectivity index (χ2n) is 1.13. The summed E-state index contributed by atoms with van der Waals surface area (Å²) in [5.74, 6) is -0.186. The first kappa shape index (κ1) is 8.05. The molecule has 0 unspecified atom stereocenters. The zero-order chi connectivity index (χ0) is 6.08. The molecule has 0 amide bonds. The van der Waals surface area contributed by atoms with E-state index in [4.69, 9.17) is 23.2 Å². The molecule has 0 aliphatic carbocycles. The Morgan fingerprint density at radius 2 is 1.86 bits per heavy atom. The van der Waals surface area contributed by atoms with Crippen LogP contribution in [0, 0.1) is 0 Å². The average molecular weight is 245 g/mol. The van der Waals surface area contributed by atoms with Crippen LogP contribution in [-0.4, -0.2) is 30.7 Å². The van der Waals surface area contributed by atoms with Crippen LogP contribution in [0.4, 0.5) is 0 Å². The molecule has 39 valence electrons. The molecule has 0 saturated carbocycles. The van der Waals surface area contributed by atoms with Gasteiger partial charge in [0.2, 0.25) is 0 Å². The fraction of sp³-hybridized carbons (Fsp3) is 0.667. The Kier molecular flexibility index (Phi) is 2.94. The molecule has 0 heterocycles. The summed E-state index contributed by atoms with van der Waals surface area (Å²) in [5, 5.41) is 0. The summed E-state index contributed by atoms with van der Waals surface area (Å²) in [6, 6.07) is 0. The summed E-state index contributed by atoms with van der Waals surface area (Å²) in [5.41, 5.74) is 0. The van der Waals surface area contributed by atoms with Crippen molar-refractivity contribution in [1.29, 1.82) is 0 Å². The number of halogens is 2. The van der Waals surface area contributed by atoms with E-state index in [-0.39, 0.29) is 5.78 Å². The molecule has 0 N–H and O–H groups in total. The maximum atomic E-state index is 10.2. The number of ketones is 1. The topological polar surface area (TPSA) is 17.1 Å². The van der Waals surface area contributed by atoms with Crippen LogP contribution in [0.3, 0.4) is 0 Å². The van der Waals surface area contributed by atoms with Crippen molar-refractivity contribution in [3.05, 3.63) is 0 Å². The summed E-state index contributed by atoms with van der Waals surface area (Å²) in [6.07, 6.45) is 0. The van der Waals surface area contributed by atoms with Crippen LogP contribution in [0.1, 0.15) is 6.92 Å². The van der Waals surface area contributed by atoms with Gasteiger partial charge in [0.05, 0.1) is 0 Å². The van der Waals surface area contributed by atoms with Gasteiger partial charge in [-0.25, -0.2) is 0 Å². The van der Waals surface area contributed by atoms with E-state index in [2.05, 4.69) is 0 Å². The Bertz CT molecular complexity index is 85.4. The van der Waals surface area contributed by atoms with Gasteiger partial charge in [-0.05, 0) is 0 Å². The molecule has 0 rings (SSSR count). The van der Waals surface area contributed by atoms with Crippen molar-refractivity contribution < 1.29 is 4.79 Å². The number of Topliss-reactive ketones (excluding diaryl/α,β-unsaturated/α-hetero) is 1. The van der Waals surface area contributed by atoms with Gasteiger partial charge in [0.25, 0.3) is 0 Å². The van der Waals surface area contributed by atoms with E-state index in [0.29, 0.717) is 0 Å². The third-order valence-electron chi connectivity index (χ3n) is 0.442. The van der Waals surface area contributed by atoms with Gasteiger partial charge in [-0.3, -0.25) is 0 Å². The second kappa shape index (κ2) is 2.55. The molecule has 0 spiro atoms. The Balaban J connectivity index is 3.79. The molecule has 3 radical (unpaired) electrons. The third kappa shape index (κ3) is 3.62. The molecular weight excluding hydrogens is 242 g/mol. The van der Waals surface area contributed by atoms with Crippen LogP contribution in [-0.2, 0) is 4.79 Å². The number of carbonyl (C=O) groups excluding carboxylic acids is 1. The zero-order valence-electron chi connectivity index (χ0n) is 3.66. The van der Waals surface area contributed by atoms with Gasteiger partial charge in [0, 0.05) is 0 Å². The summed E-state index contributed by atoms with van der Waals surface area (Å²) in [4.78, 5) is 10.2. The Labute approximate surface area is 65.4 Å². The zero-order valence-corrected chi connectivity index (χ0v) is 8.03. The van der Waals surface area contributed by atoms with Crippen molar-refractivity contribution in [3.63, 3.8) is 0 Å². The fourth-order valence-corrected chi connectivity index (χ4v) is 0. The summed E-state index contributed by atoms with van der Waals surface area (Å²) in [7, 11) is 0. The number of hydrogen-bond donors (Lipinski definition) is 0. The molecule has 0 saturated heterocycles. The standard InChI is InChI=1S/C3H3Cl2O.Sn/c1-2(6)3(4)5;/h1H3;. The summed E-state index contributed by atoms with van der Waals surface area (Å²) >= 11 is 11.5. The number of carbonyl (C=O) groups is 1. The van der Waals surface area contributed by atoms with E-state index >= 15 is 0 Å². The Hall–Kier alpha value is 1.05. The van der Waals surface area contributed by atoms with Gasteiger partial charge in [-0.1, -0.05) is 0 Å². The first-order valence-electron chi connectivity index (χ1n) is 1.58. The molecule has 0 bridgehead atoms. The van der Waals surface area contributed by atoms with Crippen molar-refractivity contribution in [1.82, 2.24) is 0 Å². The molecule has 0 fully saturated rings. The van der Waals surface area contributed by atoms with Crippen molar-refractivity contribution >= 4 is 51.5 Å². The monoisotopic (exact) mass is 245 g/mol. The predicted molar refractivity (Wildman–Crippen MR) is 30.9 cm³/mol. The van der Waals surface area contributed by atoms with Crippen LogP contribution in [0.2, 0.25) is 0 Å². The first-order valence-corrected chi connectivity index (χ1v) is 3.77. The molecule has 0 atom stereocenters. The normalized spacial score (nSPS) is 11.4. The van der Waals surface area contributed by atoms with E-state index in [9.17, 15) is 4.79 Å². The number of alkyl halides is 2. The van der Waals surface area contributed by atoms with Gasteiger partial charge in [-0.2, -0.15) is 0 Å². The van der Waals surface area contributed by atoms with Gasteiger partial charge in [-0.15, -0.1) is 0 Å². The van der Waals surface area contributed by atoms with Crippen molar-refractivity contribution in [3.8, 4) is 0 Å². The molecule has 0 aliphatic rings. The van der Waals surface area contributed by atoms with Gasteiger partial charge < -0.3 is 0 Å². The van der Waals surface area contributed by atoms with Crippen LogP contribution >= 0.6 is 23.2 Å². The molecule has 7 heavy (non-hydrogen) atoms. The second-order valence-corrected chi connectivity index (χ2v) is 6.41. The molecule has 0 aromatic carbocycles. The minimum absolute atomic E-state index is 0.186. The van der Waals surface area contributed by atoms with E-state index in [0.717, 1.165) is 22.5 Å². The van der Waals surface area contributed by atoms with Gasteiger partial charge >= 0.3 is 65.6 Å². The number of hydrogen-bond acceptors (Lipinski definition) is 1. The molecular formula is C3H3Cl2OSn. The Morgan fingerprint density at radius 3 is 1.86 bits per heavy atom. The quantitative estimate of drug-likeness (QED) is 0.494. The minimum atomic E-state index is -1.10. The maximum absolute atomic E-state index is 10.2. The summed E-state index contributed by atoms with van der Waals surface area (Å²) < 4.78 is -1.10. The van der Waals surface area contributed by atoms with Crippen LogP contribution < -0.4 is 0 Å². The average Bonchev–Trinajstić information content (AvgIpc) is 1.31. The predicted octanol–water partition coefficient (Wildman–Crippen LogP) is 0.875. The third-order valence-corrected chi connectivity index (χ3v) is 1.98. The van der Waals surface area contributed by atoms with Crippen LogP contribution in [0.25, 0.3) is 0 Å². The van der Waals surface area contributed by atoms with E-state index in [1.165, 1.54) is 6.92 Å². The van der Waals surface area contributed by atoms with Crippen LogP contribution in [0.5, 0.6) is 0 Å². The van der Waals surface area contributed by atoms with Crippen molar-refractivity contribution in [2.45, 2.75) is 9.27 Å². The fourth-order valence-electron chi connectivity index (χ4n) is 0. The van der Waals surface area contributed by atoms with Crippen molar-refractivity contribution in [2.24, 2.45) is 0 Å². The summed E-state index contributed by atoms with van der Waals surface area (Å²) in [6.45, 7) is 1.37. The molecule has 0 aromatic heterocycles. The van der Waals surface area contributed by atoms with E-state index < -0.39 is 2.35 Å². The van der Waals surface area contributed by atoms with Gasteiger partial charge in [0.15, 0.2) is 0 Å².